The molecule has 0 unspecified atom stereocenters. The minimum absolute atomic E-state index is 0.0318. The molecule has 5 nitrogen and oxygen atoms in total. The first-order valence-electron chi connectivity index (χ1n) is 9.55. The average Bonchev–Trinajstić information content (AvgIpc) is 2.77. The number of benzene rings is 2. The summed E-state index contributed by atoms with van der Waals surface area (Å²) in [4.78, 5) is 26.0. The minimum atomic E-state index is -2.82. The molecule has 1 atom stereocenters. The zero-order chi connectivity index (χ0) is 21.7. The summed E-state index contributed by atoms with van der Waals surface area (Å²) in [5, 5.41) is 0. The molecule has 30 heavy (non-hydrogen) atoms. The average molecular weight is 415 g/mol. The van der Waals surface area contributed by atoms with E-state index in [1.54, 1.807) is 0 Å². The topological polar surface area (TPSA) is 55.8 Å². The van der Waals surface area contributed by atoms with Crippen molar-refractivity contribution in [1.82, 2.24) is 4.90 Å². The normalized spacial score (nSPS) is 16.5. The van der Waals surface area contributed by atoms with E-state index in [1.165, 1.54) is 24.1 Å². The molecule has 158 valence electrons. The molecule has 0 radical (unpaired) electrons. The van der Waals surface area contributed by atoms with E-state index in [-0.39, 0.29) is 23.3 Å². The number of ether oxygens (including phenoxy) is 2. The maximum Gasteiger partial charge on any atom is 0.410 e. The Balaban J connectivity index is 1.87. The smallest absolute Gasteiger partial charge is 0.410 e. The van der Waals surface area contributed by atoms with E-state index in [9.17, 15) is 18.4 Å². The van der Waals surface area contributed by atoms with Crippen molar-refractivity contribution in [2.45, 2.75) is 31.9 Å². The molecule has 1 amide bonds. The van der Waals surface area contributed by atoms with Gasteiger partial charge in [-0.25, -0.2) is 18.4 Å². The lowest BCUT2D eigenvalue weighted by atomic mass is 9.89. The van der Waals surface area contributed by atoms with Crippen LogP contribution in [0.3, 0.4) is 0 Å². The van der Waals surface area contributed by atoms with Crippen LogP contribution in [0.1, 0.15) is 52.4 Å². The Morgan fingerprint density at radius 1 is 1.20 bits per heavy atom. The predicted octanol–water partition coefficient (Wildman–Crippen LogP) is 5.44. The van der Waals surface area contributed by atoms with Crippen LogP contribution in [-0.2, 0) is 16.1 Å². The standard InChI is InChI=1S/C23H23F2NO4/c1-15-10-11-26(23(28)30-14-16-6-4-3-5-7-16)20(12-15)18-9-8-17(22(27)29-2)13-19(18)21(24)25/h3-9,13,20-21H,1,10-12,14H2,2H3/t20-/m0/s1. The molecule has 0 aromatic heterocycles. The third-order valence-corrected chi connectivity index (χ3v) is 5.11. The lowest BCUT2D eigenvalue weighted by Crippen LogP contribution is -2.39. The van der Waals surface area contributed by atoms with E-state index in [0.29, 0.717) is 19.4 Å². The molecule has 1 aliphatic rings. The van der Waals surface area contributed by atoms with Crippen LogP contribution >= 0.6 is 0 Å². The maximum absolute atomic E-state index is 13.8. The highest BCUT2D eigenvalue weighted by atomic mass is 19.3. The van der Waals surface area contributed by atoms with Crippen LogP contribution in [0.5, 0.6) is 0 Å². The molecule has 2 aromatic rings. The third kappa shape index (κ3) is 4.84. The summed E-state index contributed by atoms with van der Waals surface area (Å²) in [6.45, 7) is 4.38. The van der Waals surface area contributed by atoms with E-state index in [2.05, 4.69) is 11.3 Å². The highest BCUT2D eigenvalue weighted by Gasteiger charge is 2.33. The molecule has 0 bridgehead atoms. The van der Waals surface area contributed by atoms with Crippen molar-refractivity contribution in [2.24, 2.45) is 0 Å². The number of halogens is 2. The molecule has 0 saturated carbocycles. The molecular formula is C23H23F2NO4. The van der Waals surface area contributed by atoms with Gasteiger partial charge in [0.2, 0.25) is 0 Å². The second kappa shape index (κ2) is 9.52. The van der Waals surface area contributed by atoms with Crippen molar-refractivity contribution in [3.63, 3.8) is 0 Å². The number of amides is 1. The SMILES string of the molecule is C=C1CCN(C(=O)OCc2ccccc2)[C@H](c2ccc(C(=O)OC)cc2C(F)F)C1. The second-order valence-electron chi connectivity index (χ2n) is 7.09. The fraction of sp³-hybridized carbons (Fsp3) is 0.304. The van der Waals surface area contributed by atoms with Crippen molar-refractivity contribution in [3.05, 3.63) is 82.9 Å². The van der Waals surface area contributed by atoms with Gasteiger partial charge in [-0.1, -0.05) is 48.6 Å². The number of hydrogen-bond donors (Lipinski definition) is 0. The number of alkyl halides is 2. The van der Waals surface area contributed by atoms with E-state index in [1.807, 2.05) is 30.3 Å². The maximum atomic E-state index is 13.8. The summed E-state index contributed by atoms with van der Waals surface area (Å²) in [6.07, 6.45) is -2.48. The zero-order valence-electron chi connectivity index (χ0n) is 16.6. The van der Waals surface area contributed by atoms with E-state index >= 15 is 0 Å². The Bertz CT molecular complexity index is 930. The van der Waals surface area contributed by atoms with Crippen LogP contribution in [0.25, 0.3) is 0 Å². The van der Waals surface area contributed by atoms with E-state index in [4.69, 9.17) is 4.74 Å². The molecule has 1 fully saturated rings. The van der Waals surface area contributed by atoms with Gasteiger partial charge in [-0.2, -0.15) is 0 Å². The second-order valence-corrected chi connectivity index (χ2v) is 7.09. The Labute approximate surface area is 173 Å². The van der Waals surface area contributed by atoms with Gasteiger partial charge in [0.25, 0.3) is 6.43 Å². The molecule has 2 aromatic carbocycles. The number of carbonyl (C=O) groups is 2. The van der Waals surface area contributed by atoms with Gasteiger partial charge in [0, 0.05) is 12.1 Å². The van der Waals surface area contributed by atoms with Crippen LogP contribution in [0.4, 0.5) is 13.6 Å². The lowest BCUT2D eigenvalue weighted by molar-refractivity contribution is 0.0598. The summed E-state index contributed by atoms with van der Waals surface area (Å²) >= 11 is 0. The summed E-state index contributed by atoms with van der Waals surface area (Å²) in [5.41, 5.74) is 1.70. The highest BCUT2D eigenvalue weighted by molar-refractivity contribution is 5.89. The highest BCUT2D eigenvalue weighted by Crippen LogP contribution is 2.38. The third-order valence-electron chi connectivity index (χ3n) is 5.11. The first-order valence-corrected chi connectivity index (χ1v) is 9.55. The van der Waals surface area contributed by atoms with Crippen LogP contribution in [0, 0.1) is 0 Å². The van der Waals surface area contributed by atoms with Crippen molar-refractivity contribution < 1.29 is 27.8 Å². The molecule has 1 saturated heterocycles. The zero-order valence-corrected chi connectivity index (χ0v) is 16.6. The fourth-order valence-corrected chi connectivity index (χ4v) is 3.53. The van der Waals surface area contributed by atoms with Gasteiger partial charge in [0.15, 0.2) is 0 Å². The minimum Gasteiger partial charge on any atom is -0.465 e. The number of esters is 1. The van der Waals surface area contributed by atoms with Gasteiger partial charge in [-0.3, -0.25) is 0 Å². The van der Waals surface area contributed by atoms with Gasteiger partial charge in [-0.05, 0) is 36.1 Å². The summed E-state index contributed by atoms with van der Waals surface area (Å²) < 4.78 is 37.7. The molecule has 0 aliphatic carbocycles. The lowest BCUT2D eigenvalue weighted by Gasteiger charge is -2.37. The molecule has 7 heteroatoms. The number of nitrogens with zero attached hydrogens (tertiary/aromatic N) is 1. The first-order chi connectivity index (χ1) is 14.4. The Hall–Kier alpha value is -3.22. The summed E-state index contributed by atoms with van der Waals surface area (Å²) in [5.74, 6) is -0.698. The van der Waals surface area contributed by atoms with Crippen LogP contribution in [0.15, 0.2) is 60.7 Å². The summed E-state index contributed by atoms with van der Waals surface area (Å²) in [7, 11) is 1.19. The fourth-order valence-electron chi connectivity index (χ4n) is 3.53. The van der Waals surface area contributed by atoms with Crippen LogP contribution < -0.4 is 0 Å². The quantitative estimate of drug-likeness (QED) is 0.482. The largest absolute Gasteiger partial charge is 0.465 e. The number of rotatable bonds is 5. The van der Waals surface area contributed by atoms with Crippen molar-refractivity contribution in [1.29, 1.82) is 0 Å². The molecule has 0 spiro atoms. The first kappa shape index (κ1) is 21.5. The number of carbonyl (C=O) groups excluding carboxylic acids is 2. The molecular weight excluding hydrogens is 392 g/mol. The van der Waals surface area contributed by atoms with Gasteiger partial charge < -0.3 is 14.4 Å². The Morgan fingerprint density at radius 2 is 1.93 bits per heavy atom. The van der Waals surface area contributed by atoms with Crippen LogP contribution in [0.2, 0.25) is 0 Å². The number of likely N-dealkylation sites (tertiary alicyclic amines) is 1. The van der Waals surface area contributed by atoms with Crippen molar-refractivity contribution in [3.8, 4) is 0 Å². The van der Waals surface area contributed by atoms with Gasteiger partial charge in [0.1, 0.15) is 6.61 Å². The van der Waals surface area contributed by atoms with E-state index < -0.39 is 24.5 Å². The number of piperidine rings is 1. The molecule has 0 N–H and O–H groups in total. The molecule has 1 heterocycles. The van der Waals surface area contributed by atoms with Gasteiger partial charge in [-0.15, -0.1) is 0 Å². The van der Waals surface area contributed by atoms with Crippen molar-refractivity contribution >= 4 is 12.1 Å². The number of hydrogen-bond acceptors (Lipinski definition) is 4. The van der Waals surface area contributed by atoms with Gasteiger partial charge >= 0.3 is 12.1 Å². The number of methoxy groups -OCH3 is 1. The van der Waals surface area contributed by atoms with Crippen molar-refractivity contribution in [2.75, 3.05) is 13.7 Å². The van der Waals surface area contributed by atoms with E-state index in [0.717, 1.165) is 17.2 Å². The Morgan fingerprint density at radius 3 is 2.60 bits per heavy atom. The summed E-state index contributed by atoms with van der Waals surface area (Å²) in [6, 6.07) is 12.6. The van der Waals surface area contributed by atoms with Gasteiger partial charge in [0.05, 0.1) is 18.7 Å². The van der Waals surface area contributed by atoms with Crippen LogP contribution in [-0.4, -0.2) is 30.6 Å². The Kier molecular flexibility index (Phi) is 6.82. The molecule has 1 aliphatic heterocycles. The predicted molar refractivity (Wildman–Crippen MR) is 107 cm³/mol. The molecule has 3 rings (SSSR count). The monoisotopic (exact) mass is 415 g/mol.